The number of nitrogens with one attached hydrogen (secondary N) is 1. The van der Waals surface area contributed by atoms with Gasteiger partial charge in [0.15, 0.2) is 0 Å². The third-order valence-corrected chi connectivity index (χ3v) is 7.29. The molecule has 0 bridgehead atoms. The fourth-order valence-electron chi connectivity index (χ4n) is 3.80. The summed E-state index contributed by atoms with van der Waals surface area (Å²) in [6, 6.07) is 9.54. The first-order valence-electron chi connectivity index (χ1n) is 9.88. The van der Waals surface area contributed by atoms with Crippen molar-refractivity contribution in [3.63, 3.8) is 0 Å². The molecule has 0 radical (unpaired) electrons. The molecule has 0 amide bonds. The Kier molecular flexibility index (Phi) is 5.75. The van der Waals surface area contributed by atoms with Gasteiger partial charge in [0.1, 0.15) is 10.6 Å². The zero-order chi connectivity index (χ0) is 22.0. The Morgan fingerprint density at radius 3 is 2.58 bits per heavy atom. The Balaban J connectivity index is 1.75. The Morgan fingerprint density at radius 2 is 1.87 bits per heavy atom. The Morgan fingerprint density at radius 1 is 1.10 bits per heavy atom. The number of piperidine rings is 1. The van der Waals surface area contributed by atoms with Gasteiger partial charge in [-0.2, -0.15) is 4.31 Å². The summed E-state index contributed by atoms with van der Waals surface area (Å²) in [5, 5.41) is 15.5. The van der Waals surface area contributed by atoms with E-state index in [2.05, 4.69) is 10.3 Å². The lowest BCUT2D eigenvalue weighted by atomic mass is 10.1. The van der Waals surface area contributed by atoms with Gasteiger partial charge in [0.25, 0.3) is 5.69 Å². The van der Waals surface area contributed by atoms with Crippen LogP contribution in [-0.4, -0.2) is 42.8 Å². The van der Waals surface area contributed by atoms with E-state index in [0.717, 1.165) is 19.3 Å². The second-order valence-corrected chi connectivity index (χ2v) is 9.17. The molecule has 1 saturated heterocycles. The lowest BCUT2D eigenvalue weighted by Gasteiger charge is -2.26. The number of pyridine rings is 1. The van der Waals surface area contributed by atoms with Crippen molar-refractivity contribution in [1.82, 2.24) is 9.29 Å². The predicted octanol–water partition coefficient (Wildman–Crippen LogP) is 4.07. The van der Waals surface area contributed by atoms with Crippen LogP contribution in [0.5, 0.6) is 5.75 Å². The average molecular weight is 442 g/mol. The number of rotatable bonds is 6. The van der Waals surface area contributed by atoms with Gasteiger partial charge in [0, 0.05) is 48.3 Å². The van der Waals surface area contributed by atoms with Crippen LogP contribution in [0.25, 0.3) is 10.8 Å². The van der Waals surface area contributed by atoms with Crippen LogP contribution in [-0.2, 0) is 10.0 Å². The summed E-state index contributed by atoms with van der Waals surface area (Å²) < 4.78 is 33.3. The smallest absolute Gasteiger partial charge is 0.278 e. The second-order valence-electron chi connectivity index (χ2n) is 7.27. The van der Waals surface area contributed by atoms with E-state index in [9.17, 15) is 18.5 Å². The monoisotopic (exact) mass is 442 g/mol. The van der Waals surface area contributed by atoms with Crippen LogP contribution in [0.3, 0.4) is 0 Å². The van der Waals surface area contributed by atoms with Gasteiger partial charge in [0.2, 0.25) is 10.0 Å². The highest BCUT2D eigenvalue weighted by Crippen LogP contribution is 2.35. The molecule has 1 N–H and O–H groups in total. The second kappa shape index (κ2) is 8.48. The van der Waals surface area contributed by atoms with Crippen molar-refractivity contribution >= 4 is 37.9 Å². The highest BCUT2D eigenvalue weighted by atomic mass is 32.2. The number of nitro groups is 1. The Hall–Kier alpha value is -3.24. The van der Waals surface area contributed by atoms with E-state index in [1.807, 2.05) is 0 Å². The molecule has 3 aromatic rings. The van der Waals surface area contributed by atoms with E-state index in [1.54, 1.807) is 30.5 Å². The van der Waals surface area contributed by atoms with Gasteiger partial charge in [-0.25, -0.2) is 8.42 Å². The molecule has 0 unspecified atom stereocenters. The summed E-state index contributed by atoms with van der Waals surface area (Å²) in [6.07, 6.45) is 5.69. The molecule has 0 spiro atoms. The molecule has 2 aromatic carbocycles. The molecule has 31 heavy (non-hydrogen) atoms. The van der Waals surface area contributed by atoms with Gasteiger partial charge in [0.05, 0.1) is 17.4 Å². The van der Waals surface area contributed by atoms with Crippen LogP contribution in [0.4, 0.5) is 17.1 Å². The molecule has 1 aliphatic heterocycles. The number of ether oxygens (including phenoxy) is 1. The standard InChI is InChI=1S/C21H22N4O5S/c1-30-20-8-5-15(13-21(20)31(28,29)24-11-3-2-4-12-24)23-18-6-7-19(25(26)27)17-14-22-10-9-16(17)18/h5-10,13-14,23H,2-4,11-12H2,1H3. The number of non-ortho nitro benzene ring substituents is 1. The number of methoxy groups -OCH3 is 1. The van der Waals surface area contributed by atoms with E-state index < -0.39 is 14.9 Å². The first-order valence-corrected chi connectivity index (χ1v) is 11.3. The van der Waals surface area contributed by atoms with Crippen molar-refractivity contribution in [1.29, 1.82) is 0 Å². The maximum atomic E-state index is 13.2. The molecule has 0 atom stereocenters. The van der Waals surface area contributed by atoms with Crippen LogP contribution < -0.4 is 10.1 Å². The zero-order valence-electron chi connectivity index (χ0n) is 16.9. The molecule has 0 aliphatic carbocycles. The van der Waals surface area contributed by atoms with E-state index in [4.69, 9.17) is 4.74 Å². The number of benzene rings is 2. The normalized spacial score (nSPS) is 15.0. The Bertz CT molecular complexity index is 1240. The van der Waals surface area contributed by atoms with Crippen molar-refractivity contribution in [3.8, 4) is 5.75 Å². The van der Waals surface area contributed by atoms with E-state index >= 15 is 0 Å². The zero-order valence-corrected chi connectivity index (χ0v) is 17.8. The van der Waals surface area contributed by atoms with E-state index in [-0.39, 0.29) is 16.3 Å². The summed E-state index contributed by atoms with van der Waals surface area (Å²) in [5.41, 5.74) is 1.09. The first kappa shape index (κ1) is 21.0. The molecular formula is C21H22N4O5S. The van der Waals surface area contributed by atoms with Crippen LogP contribution in [0, 0.1) is 10.1 Å². The summed E-state index contributed by atoms with van der Waals surface area (Å²) in [5.74, 6) is 0.272. The van der Waals surface area contributed by atoms with Gasteiger partial charge in [-0.1, -0.05) is 6.42 Å². The lowest BCUT2D eigenvalue weighted by molar-refractivity contribution is -0.383. The quantitative estimate of drug-likeness (QED) is 0.452. The molecule has 10 heteroatoms. The summed E-state index contributed by atoms with van der Waals surface area (Å²) in [6.45, 7) is 0.978. The summed E-state index contributed by atoms with van der Waals surface area (Å²) in [7, 11) is -2.27. The number of hydrogen-bond donors (Lipinski definition) is 1. The first-order chi connectivity index (χ1) is 14.9. The number of sulfonamides is 1. The molecule has 1 aliphatic rings. The molecule has 1 fully saturated rings. The van der Waals surface area contributed by atoms with Crippen molar-refractivity contribution < 1.29 is 18.1 Å². The molecular weight excluding hydrogens is 420 g/mol. The average Bonchev–Trinajstić information content (AvgIpc) is 2.79. The molecule has 162 valence electrons. The maximum absolute atomic E-state index is 13.2. The molecule has 0 saturated carbocycles. The number of fused-ring (bicyclic) bond motifs is 1. The maximum Gasteiger partial charge on any atom is 0.278 e. The summed E-state index contributed by atoms with van der Waals surface area (Å²) in [4.78, 5) is 15.0. The lowest BCUT2D eigenvalue weighted by Crippen LogP contribution is -2.35. The van der Waals surface area contributed by atoms with Crippen LogP contribution >= 0.6 is 0 Å². The highest BCUT2D eigenvalue weighted by molar-refractivity contribution is 7.89. The fourth-order valence-corrected chi connectivity index (χ4v) is 5.50. The number of anilines is 2. The largest absolute Gasteiger partial charge is 0.495 e. The topological polar surface area (TPSA) is 115 Å². The van der Waals surface area contributed by atoms with Crippen LogP contribution in [0.2, 0.25) is 0 Å². The van der Waals surface area contributed by atoms with Crippen molar-refractivity contribution in [3.05, 3.63) is 58.9 Å². The minimum absolute atomic E-state index is 0.0447. The van der Waals surface area contributed by atoms with Gasteiger partial charge in [-0.3, -0.25) is 15.1 Å². The predicted molar refractivity (Wildman–Crippen MR) is 117 cm³/mol. The number of hydrogen-bond acceptors (Lipinski definition) is 7. The van der Waals surface area contributed by atoms with Gasteiger partial charge in [-0.05, 0) is 43.2 Å². The number of aromatic nitrogens is 1. The highest BCUT2D eigenvalue weighted by Gasteiger charge is 2.29. The fraction of sp³-hybridized carbons (Fsp3) is 0.286. The summed E-state index contributed by atoms with van der Waals surface area (Å²) >= 11 is 0. The van der Waals surface area contributed by atoms with Crippen molar-refractivity contribution in [2.24, 2.45) is 0 Å². The van der Waals surface area contributed by atoms with Gasteiger partial charge in [-0.15, -0.1) is 0 Å². The van der Waals surface area contributed by atoms with Crippen molar-refractivity contribution in [2.75, 3.05) is 25.5 Å². The van der Waals surface area contributed by atoms with E-state index in [0.29, 0.717) is 35.2 Å². The van der Waals surface area contributed by atoms with Crippen LogP contribution in [0.15, 0.2) is 53.7 Å². The molecule has 9 nitrogen and oxygen atoms in total. The SMILES string of the molecule is COc1ccc(Nc2ccc([N+](=O)[O-])c3cnccc23)cc1S(=O)(=O)N1CCCCC1. The van der Waals surface area contributed by atoms with Crippen molar-refractivity contribution in [2.45, 2.75) is 24.2 Å². The Labute approximate surface area is 179 Å². The van der Waals surface area contributed by atoms with E-state index in [1.165, 1.54) is 29.7 Å². The molecule has 2 heterocycles. The minimum atomic E-state index is -3.71. The molecule has 1 aromatic heterocycles. The minimum Gasteiger partial charge on any atom is -0.495 e. The number of nitro benzene ring substituents is 1. The third kappa shape index (κ3) is 4.04. The number of nitrogens with zero attached hydrogens (tertiary/aromatic N) is 3. The van der Waals surface area contributed by atoms with Crippen LogP contribution in [0.1, 0.15) is 19.3 Å². The third-order valence-electron chi connectivity index (χ3n) is 5.37. The van der Waals surface area contributed by atoms with Gasteiger partial charge < -0.3 is 10.1 Å². The van der Waals surface area contributed by atoms with Gasteiger partial charge >= 0.3 is 0 Å². The molecule has 4 rings (SSSR count).